The van der Waals surface area contributed by atoms with Crippen molar-refractivity contribution >= 4 is 19.6 Å². The first-order chi connectivity index (χ1) is 9.97. The molecule has 130 valence electrons. The van der Waals surface area contributed by atoms with Gasteiger partial charge in [0.2, 0.25) is 5.78 Å². The average Bonchev–Trinajstić information content (AvgIpc) is 2.30. The molecule has 0 saturated heterocycles. The smallest absolute Gasteiger partial charge is 0.408 e. The molecule has 0 bridgehead atoms. The van der Waals surface area contributed by atoms with Gasteiger partial charge in [-0.3, -0.25) is 14.7 Å². The van der Waals surface area contributed by atoms with Crippen LogP contribution < -0.4 is 11.1 Å². The van der Waals surface area contributed by atoms with Gasteiger partial charge in [-0.1, -0.05) is 13.8 Å². The van der Waals surface area contributed by atoms with Crippen LogP contribution >= 0.6 is 7.60 Å². The maximum Gasteiger partial charge on any atom is 0.408 e. The molecule has 9 heteroatoms. The lowest BCUT2D eigenvalue weighted by atomic mass is 10.2. The van der Waals surface area contributed by atoms with Gasteiger partial charge in [0, 0.05) is 0 Å². The van der Waals surface area contributed by atoms with Gasteiger partial charge in [-0.25, -0.2) is 4.79 Å². The first kappa shape index (κ1) is 20.9. The number of nitrogens with two attached hydrogens (primary N) is 1. The molecule has 2 amide bonds. The third kappa shape index (κ3) is 7.77. The molecule has 0 rings (SSSR count). The summed E-state index contributed by atoms with van der Waals surface area (Å²) in [5, 5.41) is 2.17. The van der Waals surface area contributed by atoms with Crippen LogP contribution in [0.4, 0.5) is 4.79 Å². The van der Waals surface area contributed by atoms with Gasteiger partial charge in [0.05, 0.1) is 18.8 Å². The number of carbonyl (C=O) groups excluding carboxylic acids is 2. The van der Waals surface area contributed by atoms with E-state index in [1.807, 2.05) is 13.8 Å². The lowest BCUT2D eigenvalue weighted by Gasteiger charge is -2.28. The maximum absolute atomic E-state index is 12.8. The van der Waals surface area contributed by atoms with Crippen LogP contribution in [0.3, 0.4) is 0 Å². The monoisotopic (exact) mass is 338 g/mol. The Balaban J connectivity index is 5.17. The molecule has 0 aromatic carbocycles. The lowest BCUT2D eigenvalue weighted by molar-refractivity contribution is -0.118. The molecule has 0 fully saturated rings. The molecule has 8 nitrogen and oxygen atoms in total. The van der Waals surface area contributed by atoms with Crippen molar-refractivity contribution in [3.05, 3.63) is 0 Å². The van der Waals surface area contributed by atoms with Crippen LogP contribution in [0.2, 0.25) is 0 Å². The fourth-order valence-electron chi connectivity index (χ4n) is 1.44. The van der Waals surface area contributed by atoms with Crippen LogP contribution in [0.25, 0.3) is 0 Å². The number of amides is 2. The van der Waals surface area contributed by atoms with Gasteiger partial charge in [-0.15, -0.1) is 0 Å². The van der Waals surface area contributed by atoms with Crippen molar-refractivity contribution in [1.29, 1.82) is 0 Å². The molecule has 0 spiro atoms. The normalized spacial score (nSPS) is 13.5. The topological polar surface area (TPSA) is 117 Å². The van der Waals surface area contributed by atoms with E-state index < -0.39 is 37.6 Å². The van der Waals surface area contributed by atoms with Crippen molar-refractivity contribution in [1.82, 2.24) is 5.32 Å². The zero-order valence-corrected chi connectivity index (χ0v) is 14.9. The average molecular weight is 338 g/mol. The van der Waals surface area contributed by atoms with E-state index in [4.69, 9.17) is 19.5 Å². The highest BCUT2D eigenvalue weighted by Gasteiger charge is 2.43. The summed E-state index contributed by atoms with van der Waals surface area (Å²) in [5.41, 5.74) is 5.24. The molecular formula is C13H27N2O6P. The summed E-state index contributed by atoms with van der Waals surface area (Å²) in [6.07, 6.45) is -1.88. The second-order valence-corrected chi connectivity index (χ2v) is 7.81. The molecule has 22 heavy (non-hydrogen) atoms. The Bertz CT molecular complexity index is 411. The molecule has 0 saturated carbocycles. The summed E-state index contributed by atoms with van der Waals surface area (Å²) in [6, 6.07) is 0. The number of ether oxygens (including phenoxy) is 1. The number of hydrogen-bond donors (Lipinski definition) is 2. The largest absolute Gasteiger partial charge is 0.449 e. The van der Waals surface area contributed by atoms with Gasteiger partial charge in [-0.05, 0) is 33.6 Å². The van der Waals surface area contributed by atoms with Crippen molar-refractivity contribution in [2.45, 2.75) is 59.5 Å². The molecule has 1 atom stereocenters. The van der Waals surface area contributed by atoms with E-state index in [1.165, 1.54) is 0 Å². The Labute approximate surface area is 131 Å². The van der Waals surface area contributed by atoms with Crippen molar-refractivity contribution in [2.24, 2.45) is 11.7 Å². The molecule has 0 aliphatic heterocycles. The zero-order chi connectivity index (χ0) is 17.5. The molecule has 0 aromatic rings. The summed E-state index contributed by atoms with van der Waals surface area (Å²) in [6.45, 7) is 10.4. The second-order valence-electron chi connectivity index (χ2n) is 5.79. The quantitative estimate of drug-likeness (QED) is 0.623. The van der Waals surface area contributed by atoms with Gasteiger partial charge < -0.3 is 19.5 Å². The van der Waals surface area contributed by atoms with E-state index in [1.54, 1.807) is 27.7 Å². The third-order valence-electron chi connectivity index (χ3n) is 2.10. The Hall–Kier alpha value is -1.11. The van der Waals surface area contributed by atoms with Crippen LogP contribution in [-0.2, 0) is 23.1 Å². The first-order valence-electron chi connectivity index (χ1n) is 7.17. The minimum Gasteiger partial charge on any atom is -0.449 e. The SMILES string of the molecule is CC(C)COC(=O)N[C@H](C(N)=O)P(=O)(OC(C)C)OC(C)C. The van der Waals surface area contributed by atoms with Gasteiger partial charge in [0.25, 0.3) is 5.91 Å². The fraction of sp³-hybridized carbons (Fsp3) is 0.846. The van der Waals surface area contributed by atoms with Crippen LogP contribution in [0, 0.1) is 5.92 Å². The summed E-state index contributed by atoms with van der Waals surface area (Å²) in [4.78, 5) is 23.3. The highest BCUT2D eigenvalue weighted by atomic mass is 31.2. The summed E-state index contributed by atoms with van der Waals surface area (Å²) in [5.74, 6) is -2.52. The van der Waals surface area contributed by atoms with E-state index in [2.05, 4.69) is 5.32 Å². The molecular weight excluding hydrogens is 311 g/mol. The fourth-order valence-corrected chi connectivity index (χ4v) is 3.48. The lowest BCUT2D eigenvalue weighted by Crippen LogP contribution is -2.46. The number of nitrogens with one attached hydrogen (secondary N) is 1. The molecule has 0 unspecified atom stereocenters. The zero-order valence-electron chi connectivity index (χ0n) is 14.0. The van der Waals surface area contributed by atoms with Gasteiger partial charge in [-0.2, -0.15) is 0 Å². The van der Waals surface area contributed by atoms with Crippen molar-refractivity contribution in [3.63, 3.8) is 0 Å². The van der Waals surface area contributed by atoms with E-state index in [-0.39, 0.29) is 12.5 Å². The van der Waals surface area contributed by atoms with E-state index in [0.717, 1.165) is 0 Å². The number of hydrogen-bond acceptors (Lipinski definition) is 6. The molecule has 0 radical (unpaired) electrons. The highest BCUT2D eigenvalue weighted by Crippen LogP contribution is 2.54. The molecule has 0 aliphatic carbocycles. The highest BCUT2D eigenvalue weighted by molar-refractivity contribution is 7.55. The predicted molar refractivity (Wildman–Crippen MR) is 82.4 cm³/mol. The van der Waals surface area contributed by atoms with Crippen LogP contribution in [0.1, 0.15) is 41.5 Å². The Morgan fingerprint density at radius 2 is 1.50 bits per heavy atom. The summed E-state index contributed by atoms with van der Waals surface area (Å²) >= 11 is 0. The van der Waals surface area contributed by atoms with Crippen molar-refractivity contribution < 1.29 is 27.9 Å². The minimum absolute atomic E-state index is 0.114. The van der Waals surface area contributed by atoms with Crippen LogP contribution in [0.15, 0.2) is 0 Å². The van der Waals surface area contributed by atoms with E-state index >= 15 is 0 Å². The van der Waals surface area contributed by atoms with Crippen molar-refractivity contribution in [3.8, 4) is 0 Å². The predicted octanol–water partition coefficient (Wildman–Crippen LogP) is 2.22. The second kappa shape index (κ2) is 9.12. The number of rotatable bonds is 9. The standard InChI is InChI=1S/C13H27N2O6P/c1-8(2)7-19-13(17)15-12(11(14)16)22(18,20-9(3)4)21-10(5)6/h8-10,12H,7H2,1-6H3,(H2,14,16)(H,15,17)/t12-/m0/s1. The summed E-state index contributed by atoms with van der Waals surface area (Å²) < 4.78 is 28.3. The van der Waals surface area contributed by atoms with Gasteiger partial charge in [0.1, 0.15) is 0 Å². The van der Waals surface area contributed by atoms with E-state index in [9.17, 15) is 14.2 Å². The third-order valence-corrected chi connectivity index (χ3v) is 4.55. The maximum atomic E-state index is 12.8. The van der Waals surface area contributed by atoms with E-state index in [0.29, 0.717) is 0 Å². The van der Waals surface area contributed by atoms with Crippen LogP contribution in [0.5, 0.6) is 0 Å². The number of alkyl carbamates (subject to hydrolysis) is 1. The summed E-state index contributed by atoms with van der Waals surface area (Å²) in [7, 11) is -3.99. The Kier molecular flexibility index (Phi) is 8.66. The van der Waals surface area contributed by atoms with Crippen molar-refractivity contribution in [2.75, 3.05) is 6.61 Å². The minimum atomic E-state index is -3.99. The molecule has 0 heterocycles. The molecule has 3 N–H and O–H groups in total. The van der Waals surface area contributed by atoms with Gasteiger partial charge in [0.15, 0.2) is 0 Å². The Morgan fingerprint density at radius 3 is 1.82 bits per heavy atom. The number of primary amides is 1. The molecule has 0 aromatic heterocycles. The first-order valence-corrected chi connectivity index (χ1v) is 8.78. The molecule has 0 aliphatic rings. The van der Waals surface area contributed by atoms with Crippen LogP contribution in [-0.4, -0.2) is 36.6 Å². The van der Waals surface area contributed by atoms with Gasteiger partial charge >= 0.3 is 13.7 Å². The Morgan fingerprint density at radius 1 is 1.05 bits per heavy atom. The number of carbonyl (C=O) groups is 2.